The second-order valence-electron chi connectivity index (χ2n) is 4.55. The molecule has 0 fully saturated rings. The van der Waals surface area contributed by atoms with Gasteiger partial charge in [-0.1, -0.05) is 30.3 Å². The Hall–Kier alpha value is -0.430. The highest BCUT2D eigenvalue weighted by Gasteiger charge is 2.18. The molecular formula is C16H13BrINS. The molecule has 0 aliphatic heterocycles. The topological polar surface area (TPSA) is 12.0 Å². The van der Waals surface area contributed by atoms with Gasteiger partial charge in [-0.25, -0.2) is 0 Å². The van der Waals surface area contributed by atoms with Crippen LogP contribution in [0.2, 0.25) is 0 Å². The van der Waals surface area contributed by atoms with Crippen LogP contribution in [-0.4, -0.2) is 7.05 Å². The molecule has 3 aromatic rings. The van der Waals surface area contributed by atoms with Crippen LogP contribution in [0.15, 0.2) is 52.3 Å². The Morgan fingerprint density at radius 1 is 1.10 bits per heavy atom. The number of benzene rings is 2. The zero-order chi connectivity index (χ0) is 14.1. The van der Waals surface area contributed by atoms with E-state index in [0.717, 1.165) is 0 Å². The minimum atomic E-state index is 0.228. The highest BCUT2D eigenvalue weighted by molar-refractivity contribution is 14.1. The van der Waals surface area contributed by atoms with Crippen molar-refractivity contribution in [2.24, 2.45) is 0 Å². The molecule has 0 bridgehead atoms. The molecule has 1 unspecified atom stereocenters. The third-order valence-corrected chi connectivity index (χ3v) is 6.35. The average Bonchev–Trinajstić information content (AvgIpc) is 2.87. The summed E-state index contributed by atoms with van der Waals surface area (Å²) >= 11 is 7.84. The van der Waals surface area contributed by atoms with Crippen LogP contribution in [0.3, 0.4) is 0 Å². The van der Waals surface area contributed by atoms with Crippen LogP contribution in [-0.2, 0) is 0 Å². The number of thiophene rings is 1. The molecule has 0 amide bonds. The molecule has 1 atom stereocenters. The highest BCUT2D eigenvalue weighted by Crippen LogP contribution is 2.37. The third-order valence-electron chi connectivity index (χ3n) is 3.40. The quantitative estimate of drug-likeness (QED) is 0.506. The number of nitrogens with one attached hydrogen (secondary N) is 1. The fraction of sp³-hybridized carbons (Fsp3) is 0.125. The van der Waals surface area contributed by atoms with Gasteiger partial charge in [0, 0.05) is 12.7 Å². The van der Waals surface area contributed by atoms with Gasteiger partial charge >= 0.3 is 0 Å². The number of hydrogen-bond donors (Lipinski definition) is 1. The number of hydrogen-bond acceptors (Lipinski definition) is 2. The smallest absolute Gasteiger partial charge is 0.0599 e. The average molecular weight is 458 g/mol. The molecule has 0 saturated heterocycles. The summed E-state index contributed by atoms with van der Waals surface area (Å²) in [5.74, 6) is 0. The van der Waals surface area contributed by atoms with Gasteiger partial charge in [0.25, 0.3) is 0 Å². The van der Waals surface area contributed by atoms with Crippen molar-refractivity contribution < 1.29 is 0 Å². The Morgan fingerprint density at radius 2 is 1.90 bits per heavy atom. The summed E-state index contributed by atoms with van der Waals surface area (Å²) in [4.78, 5) is 0. The van der Waals surface area contributed by atoms with E-state index >= 15 is 0 Å². The largest absolute Gasteiger partial charge is 0.309 e. The molecule has 4 heteroatoms. The lowest BCUT2D eigenvalue weighted by atomic mass is 9.98. The molecule has 20 heavy (non-hydrogen) atoms. The molecule has 1 heterocycles. The van der Waals surface area contributed by atoms with E-state index in [9.17, 15) is 0 Å². The summed E-state index contributed by atoms with van der Waals surface area (Å²) in [5.41, 5.74) is 2.67. The summed E-state index contributed by atoms with van der Waals surface area (Å²) in [6, 6.07) is 15.2. The Morgan fingerprint density at radius 3 is 2.65 bits per heavy atom. The maximum atomic E-state index is 3.64. The van der Waals surface area contributed by atoms with Gasteiger partial charge in [0.15, 0.2) is 0 Å². The molecule has 0 saturated carbocycles. The van der Waals surface area contributed by atoms with Crippen molar-refractivity contribution in [2.75, 3.05) is 7.05 Å². The van der Waals surface area contributed by atoms with Crippen LogP contribution < -0.4 is 5.32 Å². The predicted octanol–water partition coefficient (Wildman–Crippen LogP) is 5.58. The maximum absolute atomic E-state index is 3.64. The maximum Gasteiger partial charge on any atom is 0.0599 e. The molecule has 0 spiro atoms. The molecule has 0 aliphatic carbocycles. The van der Waals surface area contributed by atoms with Gasteiger partial charge in [-0.2, -0.15) is 0 Å². The lowest BCUT2D eigenvalue weighted by molar-refractivity contribution is 0.695. The Labute approximate surface area is 144 Å². The van der Waals surface area contributed by atoms with E-state index in [1.54, 1.807) is 11.3 Å². The number of fused-ring (bicyclic) bond motifs is 1. The highest BCUT2D eigenvalue weighted by atomic mass is 127. The molecule has 102 valence electrons. The molecule has 3 rings (SSSR count). The Kier molecular flexibility index (Phi) is 4.45. The fourth-order valence-corrected chi connectivity index (χ4v) is 4.80. The second-order valence-corrected chi connectivity index (χ2v) is 7.45. The van der Waals surface area contributed by atoms with Gasteiger partial charge < -0.3 is 5.32 Å². The van der Waals surface area contributed by atoms with Crippen molar-refractivity contribution in [3.63, 3.8) is 0 Å². The standard InChI is InChI=1S/C16H13BrINS/c1-19-15(11-5-2-3-8-14(11)18)12-9-20-16-10(12)6-4-7-13(16)17/h2-9,15,19H,1H3. The molecule has 1 nitrogen and oxygen atoms in total. The zero-order valence-electron chi connectivity index (χ0n) is 10.9. The van der Waals surface area contributed by atoms with Crippen molar-refractivity contribution in [1.82, 2.24) is 5.32 Å². The predicted molar refractivity (Wildman–Crippen MR) is 99.6 cm³/mol. The molecule has 2 aromatic carbocycles. The van der Waals surface area contributed by atoms with Crippen LogP contribution >= 0.6 is 49.9 Å². The van der Waals surface area contributed by atoms with Crippen molar-refractivity contribution in [3.05, 3.63) is 67.0 Å². The van der Waals surface area contributed by atoms with Gasteiger partial charge in [0.1, 0.15) is 0 Å². The monoisotopic (exact) mass is 457 g/mol. The van der Waals surface area contributed by atoms with E-state index < -0.39 is 0 Å². The van der Waals surface area contributed by atoms with E-state index in [0.29, 0.717) is 0 Å². The van der Waals surface area contributed by atoms with Gasteiger partial charge in [0.2, 0.25) is 0 Å². The van der Waals surface area contributed by atoms with E-state index in [4.69, 9.17) is 0 Å². The second kappa shape index (κ2) is 6.13. The number of rotatable bonds is 3. The van der Waals surface area contributed by atoms with Crippen LogP contribution in [0.4, 0.5) is 0 Å². The van der Waals surface area contributed by atoms with Crippen LogP contribution in [0, 0.1) is 3.57 Å². The summed E-state index contributed by atoms with van der Waals surface area (Å²) in [6.07, 6.45) is 0. The minimum Gasteiger partial charge on any atom is -0.309 e. The first-order valence-electron chi connectivity index (χ1n) is 6.29. The molecular weight excluding hydrogens is 445 g/mol. The van der Waals surface area contributed by atoms with Crippen LogP contribution in [0.25, 0.3) is 10.1 Å². The molecule has 1 N–H and O–H groups in total. The van der Waals surface area contributed by atoms with E-state index in [1.165, 1.54) is 29.3 Å². The minimum absolute atomic E-state index is 0.228. The summed E-state index contributed by atoms with van der Waals surface area (Å²) < 4.78 is 3.77. The Balaban J connectivity index is 2.18. The van der Waals surface area contributed by atoms with Crippen molar-refractivity contribution in [2.45, 2.75) is 6.04 Å². The van der Waals surface area contributed by atoms with E-state index in [1.807, 2.05) is 7.05 Å². The third kappa shape index (κ3) is 2.54. The first-order valence-corrected chi connectivity index (χ1v) is 9.05. The molecule has 1 aromatic heterocycles. The lowest BCUT2D eigenvalue weighted by Crippen LogP contribution is -2.18. The van der Waals surface area contributed by atoms with E-state index in [2.05, 4.69) is 91.7 Å². The van der Waals surface area contributed by atoms with Gasteiger partial charge in [-0.3, -0.25) is 0 Å². The summed E-state index contributed by atoms with van der Waals surface area (Å²) in [7, 11) is 2.02. The fourth-order valence-electron chi connectivity index (χ4n) is 2.45. The molecule has 0 aliphatic rings. The van der Waals surface area contributed by atoms with Gasteiger partial charge in [-0.05, 0) is 79.6 Å². The first-order chi connectivity index (χ1) is 9.72. The van der Waals surface area contributed by atoms with Crippen molar-refractivity contribution in [1.29, 1.82) is 0 Å². The lowest BCUT2D eigenvalue weighted by Gasteiger charge is -2.18. The zero-order valence-corrected chi connectivity index (χ0v) is 15.4. The van der Waals surface area contributed by atoms with Crippen molar-refractivity contribution in [3.8, 4) is 0 Å². The summed E-state index contributed by atoms with van der Waals surface area (Å²) in [6.45, 7) is 0. The van der Waals surface area contributed by atoms with Crippen molar-refractivity contribution >= 4 is 59.9 Å². The number of halogens is 2. The molecule has 0 radical (unpaired) electrons. The van der Waals surface area contributed by atoms with Crippen LogP contribution in [0.5, 0.6) is 0 Å². The van der Waals surface area contributed by atoms with E-state index in [-0.39, 0.29) is 6.04 Å². The normalized spacial score (nSPS) is 12.8. The van der Waals surface area contributed by atoms with Gasteiger partial charge in [0.05, 0.1) is 6.04 Å². The Bertz CT molecular complexity index is 753. The summed E-state index contributed by atoms with van der Waals surface area (Å²) in [5, 5.41) is 7.05. The first kappa shape index (κ1) is 14.5. The SMILES string of the molecule is CNC(c1ccccc1I)c1csc2c(Br)cccc12. The van der Waals surface area contributed by atoms with Crippen LogP contribution in [0.1, 0.15) is 17.2 Å². The van der Waals surface area contributed by atoms with Gasteiger partial charge in [-0.15, -0.1) is 11.3 Å².